The summed E-state index contributed by atoms with van der Waals surface area (Å²) in [6.45, 7) is 0.510. The Balaban J connectivity index is 2.01. The Morgan fingerprint density at radius 2 is 1.87 bits per heavy atom. The fourth-order valence-corrected chi connectivity index (χ4v) is 2.39. The number of ether oxygens (including phenoxy) is 1. The fourth-order valence-electron chi connectivity index (χ4n) is 2.02. The van der Waals surface area contributed by atoms with E-state index in [0.29, 0.717) is 22.2 Å². The number of carbonyl (C=O) groups excluding carboxylic acids is 1. The number of rotatable bonds is 5. The molecule has 0 spiro atoms. The zero-order valence-corrected chi connectivity index (χ0v) is 14.4. The van der Waals surface area contributed by atoms with Crippen LogP contribution in [0.5, 0.6) is 5.75 Å². The second kappa shape index (κ2) is 8.04. The Kier molecular flexibility index (Phi) is 6.08. The predicted molar refractivity (Wildman–Crippen MR) is 95.0 cm³/mol. The predicted octanol–water partition coefficient (Wildman–Crippen LogP) is 4.67. The van der Waals surface area contributed by atoms with Gasteiger partial charge in [-0.3, -0.25) is 4.79 Å². The molecule has 0 aliphatic rings. The first kappa shape index (κ1) is 17.4. The molecule has 0 unspecified atom stereocenters. The van der Waals surface area contributed by atoms with Gasteiger partial charge in [-0.15, -0.1) is 0 Å². The van der Waals surface area contributed by atoms with Crippen LogP contribution in [0.25, 0.3) is 6.08 Å². The monoisotopic (exact) mass is 349 g/mol. The number of methoxy groups -OCH3 is 1. The van der Waals surface area contributed by atoms with E-state index >= 15 is 0 Å². The molecule has 2 aromatic carbocycles. The van der Waals surface area contributed by atoms with E-state index in [0.717, 1.165) is 11.3 Å². The van der Waals surface area contributed by atoms with Gasteiger partial charge < -0.3 is 9.64 Å². The van der Waals surface area contributed by atoms with Crippen LogP contribution in [-0.4, -0.2) is 25.0 Å². The number of carbonyl (C=O) groups is 1. The number of likely N-dealkylation sites (N-methyl/N-ethyl adjacent to an activating group) is 1. The van der Waals surface area contributed by atoms with Gasteiger partial charge in [-0.2, -0.15) is 0 Å². The van der Waals surface area contributed by atoms with Gasteiger partial charge in [0.05, 0.1) is 17.2 Å². The van der Waals surface area contributed by atoms with E-state index in [4.69, 9.17) is 27.9 Å². The SMILES string of the molecule is COc1ccc(CN(C)C(=O)/C=C/c2cccc(Cl)c2Cl)cc1. The molecule has 0 saturated heterocycles. The second-order valence-electron chi connectivity index (χ2n) is 5.02. The van der Waals surface area contributed by atoms with Gasteiger partial charge in [0, 0.05) is 19.7 Å². The first-order valence-corrected chi connectivity index (χ1v) is 7.77. The third-order valence-electron chi connectivity index (χ3n) is 3.34. The maximum Gasteiger partial charge on any atom is 0.246 e. The highest BCUT2D eigenvalue weighted by Gasteiger charge is 2.07. The minimum atomic E-state index is -0.114. The highest BCUT2D eigenvalue weighted by Crippen LogP contribution is 2.26. The van der Waals surface area contributed by atoms with Crippen LogP contribution in [0, 0.1) is 0 Å². The largest absolute Gasteiger partial charge is 0.497 e. The lowest BCUT2D eigenvalue weighted by Gasteiger charge is -2.15. The van der Waals surface area contributed by atoms with Crippen molar-refractivity contribution in [2.45, 2.75) is 6.54 Å². The van der Waals surface area contributed by atoms with Crippen molar-refractivity contribution in [1.82, 2.24) is 4.90 Å². The van der Waals surface area contributed by atoms with Gasteiger partial charge in [-0.25, -0.2) is 0 Å². The smallest absolute Gasteiger partial charge is 0.246 e. The molecule has 2 rings (SSSR count). The lowest BCUT2D eigenvalue weighted by molar-refractivity contribution is -0.125. The van der Waals surface area contributed by atoms with E-state index in [1.54, 1.807) is 37.3 Å². The highest BCUT2D eigenvalue weighted by atomic mass is 35.5. The van der Waals surface area contributed by atoms with Crippen molar-refractivity contribution in [3.05, 3.63) is 69.7 Å². The lowest BCUT2D eigenvalue weighted by Crippen LogP contribution is -2.24. The molecule has 1 amide bonds. The van der Waals surface area contributed by atoms with Crippen LogP contribution in [0.3, 0.4) is 0 Å². The summed E-state index contributed by atoms with van der Waals surface area (Å²) in [5.74, 6) is 0.676. The van der Waals surface area contributed by atoms with Gasteiger partial charge in [-0.1, -0.05) is 47.5 Å². The minimum Gasteiger partial charge on any atom is -0.497 e. The maximum absolute atomic E-state index is 12.2. The van der Waals surface area contributed by atoms with Crippen molar-refractivity contribution < 1.29 is 9.53 Å². The van der Waals surface area contributed by atoms with Gasteiger partial charge >= 0.3 is 0 Å². The minimum absolute atomic E-state index is 0.114. The quantitative estimate of drug-likeness (QED) is 0.733. The average molecular weight is 350 g/mol. The van der Waals surface area contributed by atoms with Crippen LogP contribution < -0.4 is 4.74 Å². The molecule has 0 aliphatic heterocycles. The summed E-state index contributed by atoms with van der Waals surface area (Å²) < 4.78 is 5.12. The van der Waals surface area contributed by atoms with E-state index in [-0.39, 0.29) is 5.91 Å². The van der Waals surface area contributed by atoms with Crippen LogP contribution in [0.2, 0.25) is 10.0 Å². The number of halogens is 2. The van der Waals surface area contributed by atoms with E-state index in [2.05, 4.69) is 0 Å². The molecule has 23 heavy (non-hydrogen) atoms. The summed E-state index contributed by atoms with van der Waals surface area (Å²) in [6, 6.07) is 12.9. The van der Waals surface area contributed by atoms with Crippen LogP contribution in [0.1, 0.15) is 11.1 Å². The van der Waals surface area contributed by atoms with Crippen molar-refractivity contribution in [3.63, 3.8) is 0 Å². The lowest BCUT2D eigenvalue weighted by atomic mass is 10.2. The second-order valence-corrected chi connectivity index (χ2v) is 5.80. The van der Waals surface area contributed by atoms with Crippen molar-refractivity contribution >= 4 is 35.2 Å². The first-order chi connectivity index (χ1) is 11.0. The Hall–Kier alpha value is -1.97. The van der Waals surface area contributed by atoms with Gasteiger partial charge in [0.15, 0.2) is 0 Å². The fraction of sp³-hybridized carbons (Fsp3) is 0.167. The van der Waals surface area contributed by atoms with Gasteiger partial charge in [0.2, 0.25) is 5.91 Å². The van der Waals surface area contributed by atoms with E-state index in [1.807, 2.05) is 30.3 Å². The summed E-state index contributed by atoms with van der Waals surface area (Å²) in [5, 5.41) is 0.906. The third-order valence-corrected chi connectivity index (χ3v) is 4.18. The molecule has 0 bridgehead atoms. The van der Waals surface area contributed by atoms with E-state index in [9.17, 15) is 4.79 Å². The van der Waals surface area contributed by atoms with Crippen molar-refractivity contribution in [2.75, 3.05) is 14.2 Å². The third kappa shape index (κ3) is 4.75. The number of hydrogen-bond donors (Lipinski definition) is 0. The zero-order valence-electron chi connectivity index (χ0n) is 12.9. The summed E-state index contributed by atoms with van der Waals surface area (Å²) in [4.78, 5) is 13.8. The van der Waals surface area contributed by atoms with Crippen molar-refractivity contribution in [1.29, 1.82) is 0 Å². The number of nitrogens with zero attached hydrogens (tertiary/aromatic N) is 1. The molecule has 0 radical (unpaired) electrons. The van der Waals surface area contributed by atoms with Crippen molar-refractivity contribution in [2.24, 2.45) is 0 Å². The normalized spacial score (nSPS) is 10.8. The van der Waals surface area contributed by atoms with Crippen LogP contribution in [-0.2, 0) is 11.3 Å². The molecular weight excluding hydrogens is 333 g/mol. The molecule has 120 valence electrons. The Labute approximate surface area is 146 Å². The summed E-state index contributed by atoms with van der Waals surface area (Å²) in [7, 11) is 3.37. The summed E-state index contributed by atoms with van der Waals surface area (Å²) in [5.41, 5.74) is 1.74. The van der Waals surface area contributed by atoms with Gasteiger partial charge in [0.25, 0.3) is 0 Å². The van der Waals surface area contributed by atoms with E-state index < -0.39 is 0 Å². The van der Waals surface area contributed by atoms with E-state index in [1.165, 1.54) is 6.08 Å². The molecular formula is C18H17Cl2NO2. The molecule has 3 nitrogen and oxygen atoms in total. The van der Waals surface area contributed by atoms with Crippen molar-refractivity contribution in [3.8, 4) is 5.75 Å². The molecule has 2 aromatic rings. The van der Waals surface area contributed by atoms with Gasteiger partial charge in [-0.05, 0) is 35.4 Å². The number of amides is 1. The number of benzene rings is 2. The molecule has 5 heteroatoms. The molecule has 0 saturated carbocycles. The zero-order chi connectivity index (χ0) is 16.8. The Morgan fingerprint density at radius 3 is 2.52 bits per heavy atom. The molecule has 0 heterocycles. The van der Waals surface area contributed by atoms with Crippen LogP contribution in [0.15, 0.2) is 48.5 Å². The van der Waals surface area contributed by atoms with Crippen LogP contribution >= 0.6 is 23.2 Å². The molecule has 0 N–H and O–H groups in total. The average Bonchev–Trinajstić information content (AvgIpc) is 2.56. The molecule has 0 aliphatic carbocycles. The first-order valence-electron chi connectivity index (χ1n) is 7.01. The molecule has 0 aromatic heterocycles. The standard InChI is InChI=1S/C18H17Cl2NO2/c1-21(12-13-6-9-15(23-2)10-7-13)17(22)11-8-14-4-3-5-16(19)18(14)20/h3-11H,12H2,1-2H3/b11-8+. The topological polar surface area (TPSA) is 29.5 Å². The maximum atomic E-state index is 12.2. The Bertz CT molecular complexity index is 711. The summed E-state index contributed by atoms with van der Waals surface area (Å²) >= 11 is 12.0. The molecule has 0 atom stereocenters. The van der Waals surface area contributed by atoms with Crippen LogP contribution in [0.4, 0.5) is 0 Å². The van der Waals surface area contributed by atoms with Gasteiger partial charge in [0.1, 0.15) is 5.75 Å². The highest BCUT2D eigenvalue weighted by molar-refractivity contribution is 6.42. The molecule has 0 fully saturated rings. The Morgan fingerprint density at radius 1 is 1.17 bits per heavy atom. The number of hydrogen-bond acceptors (Lipinski definition) is 2. The summed E-state index contributed by atoms with van der Waals surface area (Å²) in [6.07, 6.45) is 3.15.